The van der Waals surface area contributed by atoms with Crippen LogP contribution in [0.1, 0.15) is 38.7 Å². The minimum absolute atomic E-state index is 0.0149. The topological polar surface area (TPSA) is 80.3 Å². The SMILES string of the molecule is COc1ccc(CCC(=O)N2CCC(C(=O)NCC(C)(C)CN(C)C)CC2)c(OC)c1OC. The zero-order chi connectivity index (χ0) is 24.6. The van der Waals surface area contributed by atoms with Crippen molar-refractivity contribution in [2.75, 3.05) is 61.6 Å². The molecule has 0 radical (unpaired) electrons. The van der Waals surface area contributed by atoms with Crippen molar-refractivity contribution in [3.05, 3.63) is 17.7 Å². The van der Waals surface area contributed by atoms with Gasteiger partial charge in [-0.2, -0.15) is 0 Å². The number of nitrogens with one attached hydrogen (secondary N) is 1. The van der Waals surface area contributed by atoms with E-state index in [2.05, 4.69) is 24.1 Å². The predicted molar refractivity (Wildman–Crippen MR) is 129 cm³/mol. The summed E-state index contributed by atoms with van der Waals surface area (Å²) in [5, 5.41) is 3.12. The van der Waals surface area contributed by atoms with Crippen molar-refractivity contribution < 1.29 is 23.8 Å². The van der Waals surface area contributed by atoms with E-state index in [1.165, 1.54) is 0 Å². The molecule has 8 heteroatoms. The van der Waals surface area contributed by atoms with E-state index in [-0.39, 0.29) is 23.1 Å². The Morgan fingerprint density at radius 1 is 1.06 bits per heavy atom. The number of amides is 2. The van der Waals surface area contributed by atoms with E-state index in [9.17, 15) is 9.59 Å². The Bertz CT molecular complexity index is 801. The van der Waals surface area contributed by atoms with E-state index < -0.39 is 0 Å². The minimum atomic E-state index is -0.0323. The first-order chi connectivity index (χ1) is 15.6. The molecule has 1 aliphatic heterocycles. The average Bonchev–Trinajstić information content (AvgIpc) is 2.79. The molecule has 33 heavy (non-hydrogen) atoms. The van der Waals surface area contributed by atoms with E-state index in [4.69, 9.17) is 14.2 Å². The molecule has 0 spiro atoms. The van der Waals surface area contributed by atoms with Crippen LogP contribution in [0.15, 0.2) is 12.1 Å². The molecular formula is C25H41N3O5. The van der Waals surface area contributed by atoms with Gasteiger partial charge in [0.05, 0.1) is 21.3 Å². The molecule has 1 N–H and O–H groups in total. The van der Waals surface area contributed by atoms with Gasteiger partial charge in [-0.15, -0.1) is 0 Å². The fraction of sp³-hybridized carbons (Fsp3) is 0.680. The molecule has 0 unspecified atom stereocenters. The Kier molecular flexibility index (Phi) is 9.83. The van der Waals surface area contributed by atoms with Gasteiger partial charge in [-0.1, -0.05) is 19.9 Å². The van der Waals surface area contributed by atoms with E-state index in [1.807, 2.05) is 31.1 Å². The largest absolute Gasteiger partial charge is 0.493 e. The molecule has 1 saturated heterocycles. The Hall–Kier alpha value is -2.48. The molecule has 1 aliphatic rings. The standard InChI is InChI=1S/C25H41N3O5/c1-25(2,17-27(3)4)16-26-24(30)19-12-14-28(15-13-19)21(29)11-9-18-8-10-20(31-5)23(33-7)22(18)32-6/h8,10,19H,9,11-17H2,1-7H3,(H,26,30). The molecule has 0 bridgehead atoms. The zero-order valence-electron chi connectivity index (χ0n) is 21.3. The van der Waals surface area contributed by atoms with Crippen LogP contribution in [0.4, 0.5) is 0 Å². The molecular weight excluding hydrogens is 422 g/mol. The highest BCUT2D eigenvalue weighted by Crippen LogP contribution is 2.40. The molecule has 2 rings (SSSR count). The lowest BCUT2D eigenvalue weighted by atomic mass is 9.91. The fourth-order valence-corrected chi connectivity index (χ4v) is 4.53. The second-order valence-electron chi connectivity index (χ2n) is 9.77. The predicted octanol–water partition coefficient (Wildman–Crippen LogP) is 2.59. The lowest BCUT2D eigenvalue weighted by Gasteiger charge is -2.33. The number of likely N-dealkylation sites (tertiary alicyclic amines) is 1. The summed E-state index contributed by atoms with van der Waals surface area (Å²) in [6, 6.07) is 3.73. The third-order valence-electron chi connectivity index (χ3n) is 6.10. The third-order valence-corrected chi connectivity index (χ3v) is 6.10. The summed E-state index contributed by atoms with van der Waals surface area (Å²) in [6.07, 6.45) is 2.32. The van der Waals surface area contributed by atoms with Gasteiger partial charge in [-0.25, -0.2) is 0 Å². The minimum Gasteiger partial charge on any atom is -0.493 e. The van der Waals surface area contributed by atoms with Crippen molar-refractivity contribution in [3.63, 3.8) is 0 Å². The number of hydrogen-bond donors (Lipinski definition) is 1. The number of benzene rings is 1. The molecule has 0 aromatic heterocycles. The summed E-state index contributed by atoms with van der Waals surface area (Å²) in [6.45, 7) is 7.09. The van der Waals surface area contributed by atoms with Gasteiger partial charge in [0, 0.05) is 38.5 Å². The normalized spacial score (nSPS) is 14.8. The van der Waals surface area contributed by atoms with Gasteiger partial charge in [0.15, 0.2) is 11.5 Å². The summed E-state index contributed by atoms with van der Waals surface area (Å²) in [7, 11) is 8.81. The number of piperidine rings is 1. The quantitative estimate of drug-likeness (QED) is 0.543. The van der Waals surface area contributed by atoms with Gasteiger partial charge in [0.2, 0.25) is 17.6 Å². The highest BCUT2D eigenvalue weighted by Gasteiger charge is 2.29. The van der Waals surface area contributed by atoms with Crippen LogP contribution in [-0.2, 0) is 16.0 Å². The third kappa shape index (κ3) is 7.52. The van der Waals surface area contributed by atoms with Crippen LogP contribution in [0.2, 0.25) is 0 Å². The second-order valence-corrected chi connectivity index (χ2v) is 9.77. The Balaban J connectivity index is 1.84. The van der Waals surface area contributed by atoms with Crippen molar-refractivity contribution >= 4 is 11.8 Å². The average molecular weight is 464 g/mol. The van der Waals surface area contributed by atoms with Crippen LogP contribution in [-0.4, -0.2) is 83.2 Å². The molecule has 0 saturated carbocycles. The molecule has 1 aromatic carbocycles. The van der Waals surface area contributed by atoms with Gasteiger partial charge < -0.3 is 29.3 Å². The van der Waals surface area contributed by atoms with Gasteiger partial charge in [-0.3, -0.25) is 9.59 Å². The van der Waals surface area contributed by atoms with Gasteiger partial charge in [0.25, 0.3) is 0 Å². The van der Waals surface area contributed by atoms with Crippen molar-refractivity contribution in [1.82, 2.24) is 15.1 Å². The molecule has 0 aliphatic carbocycles. The van der Waals surface area contributed by atoms with Crippen molar-refractivity contribution in [1.29, 1.82) is 0 Å². The first-order valence-corrected chi connectivity index (χ1v) is 11.6. The number of methoxy groups -OCH3 is 3. The highest BCUT2D eigenvalue weighted by molar-refractivity contribution is 5.80. The molecule has 1 fully saturated rings. The molecule has 1 heterocycles. The van der Waals surface area contributed by atoms with Gasteiger partial charge in [0.1, 0.15) is 0 Å². The number of carbonyl (C=O) groups excluding carboxylic acids is 2. The number of hydrogen-bond acceptors (Lipinski definition) is 6. The highest BCUT2D eigenvalue weighted by atomic mass is 16.5. The smallest absolute Gasteiger partial charge is 0.223 e. The zero-order valence-corrected chi connectivity index (χ0v) is 21.3. The van der Waals surface area contributed by atoms with E-state index in [0.29, 0.717) is 62.6 Å². The van der Waals surface area contributed by atoms with Crippen LogP contribution in [0, 0.1) is 11.3 Å². The van der Waals surface area contributed by atoms with Crippen LogP contribution < -0.4 is 19.5 Å². The maximum atomic E-state index is 12.8. The maximum Gasteiger partial charge on any atom is 0.223 e. The Morgan fingerprint density at radius 2 is 1.70 bits per heavy atom. The Morgan fingerprint density at radius 3 is 2.24 bits per heavy atom. The maximum absolute atomic E-state index is 12.8. The second kappa shape index (κ2) is 12.1. The fourth-order valence-electron chi connectivity index (χ4n) is 4.53. The van der Waals surface area contributed by atoms with Gasteiger partial charge in [-0.05, 0) is 50.4 Å². The van der Waals surface area contributed by atoms with Crippen LogP contribution >= 0.6 is 0 Å². The Labute approximate surface area is 198 Å². The van der Waals surface area contributed by atoms with Crippen LogP contribution in [0.5, 0.6) is 17.2 Å². The van der Waals surface area contributed by atoms with Crippen molar-refractivity contribution in [2.24, 2.45) is 11.3 Å². The van der Waals surface area contributed by atoms with Crippen molar-refractivity contribution in [2.45, 2.75) is 39.5 Å². The summed E-state index contributed by atoms with van der Waals surface area (Å²) < 4.78 is 16.3. The van der Waals surface area contributed by atoms with Gasteiger partial charge >= 0.3 is 0 Å². The molecule has 186 valence electrons. The first kappa shape index (κ1) is 26.8. The van der Waals surface area contributed by atoms with E-state index in [1.54, 1.807) is 21.3 Å². The summed E-state index contributed by atoms with van der Waals surface area (Å²) >= 11 is 0. The van der Waals surface area contributed by atoms with E-state index >= 15 is 0 Å². The number of aryl methyl sites for hydroxylation is 1. The molecule has 2 amide bonds. The van der Waals surface area contributed by atoms with E-state index in [0.717, 1.165) is 12.1 Å². The lowest BCUT2D eigenvalue weighted by molar-refractivity contribution is -0.135. The van der Waals surface area contributed by atoms with Crippen LogP contribution in [0.25, 0.3) is 0 Å². The van der Waals surface area contributed by atoms with Crippen LogP contribution in [0.3, 0.4) is 0 Å². The molecule has 0 atom stereocenters. The first-order valence-electron chi connectivity index (χ1n) is 11.6. The number of nitrogens with zero attached hydrogens (tertiary/aromatic N) is 2. The lowest BCUT2D eigenvalue weighted by Crippen LogP contribution is -2.46. The molecule has 1 aromatic rings. The summed E-state index contributed by atoms with van der Waals surface area (Å²) in [5.74, 6) is 1.88. The summed E-state index contributed by atoms with van der Waals surface area (Å²) in [4.78, 5) is 29.4. The number of rotatable bonds is 11. The number of carbonyl (C=O) groups is 2. The van der Waals surface area contributed by atoms with Crippen molar-refractivity contribution in [3.8, 4) is 17.2 Å². The summed E-state index contributed by atoms with van der Waals surface area (Å²) in [5.41, 5.74) is 0.916. The molecule has 8 nitrogen and oxygen atoms in total. The number of ether oxygens (including phenoxy) is 3. The monoisotopic (exact) mass is 463 g/mol.